The number of esters is 2. The standard InChI is InChI=1S/C14H16O6/c1-2-13(17)19-7-3-4-8-20-14(18)11-6-5-10(15)9-12(11)16/h2,5-6,9,15-16H,1,3-4,7-8H2. The minimum Gasteiger partial charge on any atom is -0.508 e. The first kappa shape index (κ1) is 15.6. The molecule has 0 aliphatic heterocycles. The maximum absolute atomic E-state index is 11.6. The van der Waals surface area contributed by atoms with Crippen molar-refractivity contribution < 1.29 is 29.3 Å². The lowest BCUT2D eigenvalue weighted by Gasteiger charge is -2.06. The second-order valence-corrected chi connectivity index (χ2v) is 3.92. The van der Waals surface area contributed by atoms with Crippen molar-refractivity contribution in [1.29, 1.82) is 0 Å². The van der Waals surface area contributed by atoms with E-state index in [1.807, 2.05) is 0 Å². The largest absolute Gasteiger partial charge is 0.508 e. The third-order valence-corrected chi connectivity index (χ3v) is 2.38. The predicted molar refractivity (Wildman–Crippen MR) is 70.4 cm³/mol. The Morgan fingerprint density at radius 3 is 2.40 bits per heavy atom. The first-order valence-corrected chi connectivity index (χ1v) is 6.03. The van der Waals surface area contributed by atoms with Crippen molar-refractivity contribution in [2.24, 2.45) is 0 Å². The van der Waals surface area contributed by atoms with Gasteiger partial charge in [-0.15, -0.1) is 0 Å². The van der Waals surface area contributed by atoms with Gasteiger partial charge in [0.2, 0.25) is 0 Å². The van der Waals surface area contributed by atoms with Crippen molar-refractivity contribution in [3.63, 3.8) is 0 Å². The molecule has 1 aromatic carbocycles. The topological polar surface area (TPSA) is 93.1 Å². The Morgan fingerprint density at radius 1 is 1.15 bits per heavy atom. The fourth-order valence-corrected chi connectivity index (χ4v) is 1.37. The summed E-state index contributed by atoms with van der Waals surface area (Å²) < 4.78 is 9.69. The highest BCUT2D eigenvalue weighted by Gasteiger charge is 2.12. The fraction of sp³-hybridized carbons (Fsp3) is 0.286. The van der Waals surface area contributed by atoms with Crippen LogP contribution in [0, 0.1) is 0 Å². The zero-order valence-corrected chi connectivity index (χ0v) is 10.9. The third kappa shape index (κ3) is 5.01. The van der Waals surface area contributed by atoms with Crippen LogP contribution in [0.3, 0.4) is 0 Å². The molecule has 0 bridgehead atoms. The predicted octanol–water partition coefficient (Wildman–Crippen LogP) is 1.76. The van der Waals surface area contributed by atoms with Gasteiger partial charge in [0, 0.05) is 12.1 Å². The van der Waals surface area contributed by atoms with Crippen molar-refractivity contribution >= 4 is 11.9 Å². The van der Waals surface area contributed by atoms with Crippen LogP contribution in [0.5, 0.6) is 11.5 Å². The molecule has 0 saturated heterocycles. The number of phenolic OH excluding ortho intramolecular Hbond substituents is 2. The molecule has 0 unspecified atom stereocenters. The number of ether oxygens (including phenoxy) is 2. The maximum atomic E-state index is 11.6. The van der Waals surface area contributed by atoms with E-state index < -0.39 is 11.9 Å². The molecule has 0 aromatic heterocycles. The molecular formula is C14H16O6. The zero-order chi connectivity index (χ0) is 15.0. The molecule has 0 fully saturated rings. The van der Waals surface area contributed by atoms with E-state index in [0.717, 1.165) is 12.1 Å². The van der Waals surface area contributed by atoms with Crippen LogP contribution >= 0.6 is 0 Å². The van der Waals surface area contributed by atoms with E-state index in [2.05, 4.69) is 6.58 Å². The molecule has 0 radical (unpaired) electrons. The summed E-state index contributed by atoms with van der Waals surface area (Å²) >= 11 is 0. The fourth-order valence-electron chi connectivity index (χ4n) is 1.37. The van der Waals surface area contributed by atoms with Gasteiger partial charge in [0.1, 0.15) is 17.1 Å². The number of unbranched alkanes of at least 4 members (excludes halogenated alkanes) is 1. The average Bonchev–Trinajstić information content (AvgIpc) is 2.42. The van der Waals surface area contributed by atoms with E-state index in [9.17, 15) is 14.7 Å². The summed E-state index contributed by atoms with van der Waals surface area (Å²) in [6.07, 6.45) is 2.15. The molecule has 108 valence electrons. The molecule has 0 spiro atoms. The number of hydrogen-bond acceptors (Lipinski definition) is 6. The molecule has 1 aromatic rings. The third-order valence-electron chi connectivity index (χ3n) is 2.38. The molecule has 0 aliphatic rings. The summed E-state index contributed by atoms with van der Waals surface area (Å²) in [7, 11) is 0. The highest BCUT2D eigenvalue weighted by molar-refractivity contribution is 5.92. The van der Waals surface area contributed by atoms with Gasteiger partial charge in [0.25, 0.3) is 0 Å². The van der Waals surface area contributed by atoms with E-state index in [1.165, 1.54) is 12.1 Å². The van der Waals surface area contributed by atoms with Crippen LogP contribution in [-0.4, -0.2) is 35.4 Å². The molecule has 0 aliphatic carbocycles. The number of carbonyl (C=O) groups is 2. The minimum atomic E-state index is -0.675. The highest BCUT2D eigenvalue weighted by Crippen LogP contribution is 2.23. The van der Waals surface area contributed by atoms with Gasteiger partial charge in [-0.3, -0.25) is 0 Å². The van der Waals surface area contributed by atoms with Crippen molar-refractivity contribution in [3.05, 3.63) is 36.4 Å². The Morgan fingerprint density at radius 2 is 1.80 bits per heavy atom. The number of aromatic hydroxyl groups is 2. The quantitative estimate of drug-likeness (QED) is 0.449. The molecular weight excluding hydrogens is 264 g/mol. The molecule has 0 heterocycles. The normalized spacial score (nSPS) is 9.80. The first-order valence-electron chi connectivity index (χ1n) is 6.03. The van der Waals surface area contributed by atoms with Crippen LogP contribution in [0.1, 0.15) is 23.2 Å². The van der Waals surface area contributed by atoms with Crippen molar-refractivity contribution in [2.75, 3.05) is 13.2 Å². The Bertz CT molecular complexity index is 494. The second-order valence-electron chi connectivity index (χ2n) is 3.92. The smallest absolute Gasteiger partial charge is 0.341 e. The van der Waals surface area contributed by atoms with E-state index in [0.29, 0.717) is 12.8 Å². The molecule has 6 nitrogen and oxygen atoms in total. The molecule has 0 saturated carbocycles. The molecule has 0 atom stereocenters. The molecule has 2 N–H and O–H groups in total. The van der Waals surface area contributed by atoms with Gasteiger partial charge in [-0.1, -0.05) is 6.58 Å². The van der Waals surface area contributed by atoms with Crippen LogP contribution < -0.4 is 0 Å². The molecule has 6 heteroatoms. The summed E-state index contributed by atoms with van der Waals surface area (Å²) in [4.78, 5) is 22.3. The summed E-state index contributed by atoms with van der Waals surface area (Å²) in [5.41, 5.74) is -0.0131. The van der Waals surface area contributed by atoms with Gasteiger partial charge < -0.3 is 19.7 Å². The molecule has 20 heavy (non-hydrogen) atoms. The Hall–Kier alpha value is -2.50. The number of phenols is 2. The van der Waals surface area contributed by atoms with E-state index in [1.54, 1.807) is 0 Å². The lowest BCUT2D eigenvalue weighted by atomic mass is 10.2. The highest BCUT2D eigenvalue weighted by atomic mass is 16.5. The average molecular weight is 280 g/mol. The zero-order valence-electron chi connectivity index (χ0n) is 10.9. The van der Waals surface area contributed by atoms with Crippen LogP contribution in [0.15, 0.2) is 30.9 Å². The Labute approximate surface area is 116 Å². The van der Waals surface area contributed by atoms with Gasteiger partial charge >= 0.3 is 11.9 Å². The number of rotatable bonds is 7. The number of carbonyl (C=O) groups excluding carboxylic acids is 2. The van der Waals surface area contributed by atoms with Crippen molar-refractivity contribution in [3.8, 4) is 11.5 Å². The summed E-state index contributed by atoms with van der Waals surface area (Å²) in [5.74, 6) is -1.64. The van der Waals surface area contributed by atoms with Gasteiger partial charge in [-0.05, 0) is 25.0 Å². The monoisotopic (exact) mass is 280 g/mol. The van der Waals surface area contributed by atoms with Crippen molar-refractivity contribution in [2.45, 2.75) is 12.8 Å². The number of hydrogen-bond donors (Lipinski definition) is 2. The van der Waals surface area contributed by atoms with Crippen LogP contribution in [0.25, 0.3) is 0 Å². The van der Waals surface area contributed by atoms with Gasteiger partial charge in [0.05, 0.1) is 13.2 Å². The van der Waals surface area contributed by atoms with Gasteiger partial charge in [0.15, 0.2) is 0 Å². The second kappa shape index (κ2) is 7.83. The maximum Gasteiger partial charge on any atom is 0.341 e. The van der Waals surface area contributed by atoms with Crippen molar-refractivity contribution in [1.82, 2.24) is 0 Å². The van der Waals surface area contributed by atoms with E-state index in [4.69, 9.17) is 14.6 Å². The van der Waals surface area contributed by atoms with Crippen LogP contribution in [0.4, 0.5) is 0 Å². The lowest BCUT2D eigenvalue weighted by molar-refractivity contribution is -0.137. The van der Waals surface area contributed by atoms with Crippen LogP contribution in [-0.2, 0) is 14.3 Å². The van der Waals surface area contributed by atoms with Gasteiger partial charge in [-0.2, -0.15) is 0 Å². The summed E-state index contributed by atoms with van der Waals surface area (Å²) in [5, 5.41) is 18.6. The van der Waals surface area contributed by atoms with Crippen LogP contribution in [0.2, 0.25) is 0 Å². The number of benzene rings is 1. The van der Waals surface area contributed by atoms with Gasteiger partial charge in [-0.25, -0.2) is 9.59 Å². The lowest BCUT2D eigenvalue weighted by Crippen LogP contribution is -2.08. The van der Waals surface area contributed by atoms with E-state index in [-0.39, 0.29) is 30.3 Å². The Balaban J connectivity index is 2.26. The summed E-state index contributed by atoms with van der Waals surface area (Å²) in [6.45, 7) is 3.63. The SMILES string of the molecule is C=CC(=O)OCCCCOC(=O)c1ccc(O)cc1O. The molecule has 1 rings (SSSR count). The minimum absolute atomic E-state index is 0.0131. The van der Waals surface area contributed by atoms with E-state index >= 15 is 0 Å². The first-order chi connectivity index (χ1) is 9.54. The Kier molecular flexibility index (Phi) is 6.09. The summed E-state index contributed by atoms with van der Waals surface area (Å²) in [6, 6.07) is 3.62. The molecule has 0 amide bonds.